The third-order valence-electron chi connectivity index (χ3n) is 1.25. The van der Waals surface area contributed by atoms with Gasteiger partial charge in [-0.2, -0.15) is 0 Å². The van der Waals surface area contributed by atoms with E-state index in [1.807, 2.05) is 11.8 Å². The minimum absolute atomic E-state index is 0.422. The Morgan fingerprint density at radius 3 is 2.00 bits per heavy atom. The van der Waals surface area contributed by atoms with Crippen LogP contribution in [0.5, 0.6) is 0 Å². The molecule has 0 amide bonds. The van der Waals surface area contributed by atoms with Crippen molar-refractivity contribution in [2.75, 3.05) is 0 Å². The van der Waals surface area contributed by atoms with Crippen LogP contribution in [0.25, 0.3) is 0 Å². The second-order valence-corrected chi connectivity index (χ2v) is 4.35. The maximum atomic E-state index is 3.85. The van der Waals surface area contributed by atoms with E-state index in [4.69, 9.17) is 0 Å². The van der Waals surface area contributed by atoms with E-state index in [0.29, 0.717) is 4.75 Å². The van der Waals surface area contributed by atoms with Crippen LogP contribution in [-0.4, -0.2) is 4.75 Å². The van der Waals surface area contributed by atoms with Gasteiger partial charge in [-0.1, -0.05) is 0 Å². The summed E-state index contributed by atoms with van der Waals surface area (Å²) in [6.45, 7) is 10.4. The first kappa shape index (κ1) is 6.09. The molecule has 44 valence electrons. The summed E-state index contributed by atoms with van der Waals surface area (Å²) in [5.41, 5.74) is 1.24. The van der Waals surface area contributed by atoms with Gasteiger partial charge in [-0.25, -0.2) is 0 Å². The van der Waals surface area contributed by atoms with Gasteiger partial charge in [0.25, 0.3) is 0 Å². The molecule has 1 aliphatic rings. The highest BCUT2D eigenvalue weighted by molar-refractivity contribution is 8.11. The minimum atomic E-state index is 0.422. The van der Waals surface area contributed by atoms with E-state index in [9.17, 15) is 0 Å². The highest BCUT2D eigenvalue weighted by Crippen LogP contribution is 2.63. The molecule has 0 spiro atoms. The van der Waals surface area contributed by atoms with E-state index < -0.39 is 0 Å². The molecule has 0 unspecified atom stereocenters. The third-order valence-corrected chi connectivity index (χ3v) is 2.82. The Kier molecular flexibility index (Phi) is 1.12. The standard InChI is InChI=1S/C7H11S/c1-5(2)6-7(3,4)8-6/h1H2,2-4H3/q+1. The molecule has 0 radical (unpaired) electrons. The van der Waals surface area contributed by atoms with Crippen molar-refractivity contribution in [2.24, 2.45) is 0 Å². The molecular formula is C7H11S+. The van der Waals surface area contributed by atoms with Crippen molar-refractivity contribution in [1.82, 2.24) is 0 Å². The predicted molar refractivity (Wildman–Crippen MR) is 39.7 cm³/mol. The lowest BCUT2D eigenvalue weighted by molar-refractivity contribution is 0.897. The van der Waals surface area contributed by atoms with Crippen molar-refractivity contribution < 1.29 is 0 Å². The first-order chi connectivity index (χ1) is 3.54. The molecule has 0 nitrogen and oxygen atoms in total. The summed E-state index contributed by atoms with van der Waals surface area (Å²) in [4.78, 5) is 0. The molecule has 1 heteroatoms. The molecule has 8 heavy (non-hydrogen) atoms. The van der Waals surface area contributed by atoms with Gasteiger partial charge in [0.15, 0.2) is 0 Å². The molecule has 0 saturated carbocycles. The van der Waals surface area contributed by atoms with Gasteiger partial charge in [0.1, 0.15) is 15.6 Å². The van der Waals surface area contributed by atoms with Gasteiger partial charge in [0.05, 0.1) is 0 Å². The number of rotatable bonds is 1. The molecule has 0 aliphatic carbocycles. The Labute approximate surface area is 55.4 Å². The van der Waals surface area contributed by atoms with Crippen LogP contribution in [0, 0.1) is 5.25 Å². The van der Waals surface area contributed by atoms with Gasteiger partial charge in [-0.3, -0.25) is 0 Å². The zero-order chi connectivity index (χ0) is 6.36. The van der Waals surface area contributed by atoms with E-state index in [2.05, 4.69) is 27.4 Å². The Bertz CT molecular complexity index is 124. The summed E-state index contributed by atoms with van der Waals surface area (Å²) in [5, 5.41) is 1.47. The molecule has 0 atom stereocenters. The summed E-state index contributed by atoms with van der Waals surface area (Å²) in [7, 11) is 0. The molecule has 1 aliphatic heterocycles. The molecule has 0 N–H and O–H groups in total. The monoisotopic (exact) mass is 127 g/mol. The minimum Gasteiger partial charge on any atom is -0.0256 e. The Morgan fingerprint density at radius 2 is 2.00 bits per heavy atom. The highest BCUT2D eigenvalue weighted by atomic mass is 32.2. The molecule has 1 fully saturated rings. The lowest BCUT2D eigenvalue weighted by Gasteiger charge is -1.86. The van der Waals surface area contributed by atoms with Gasteiger partial charge in [-0.05, 0) is 20.8 Å². The molecule has 0 bridgehead atoms. The predicted octanol–water partition coefficient (Wildman–Crippen LogP) is 2.62. The summed E-state index contributed by atoms with van der Waals surface area (Å²) >= 11 is 1.92. The number of hydrogen-bond donors (Lipinski definition) is 0. The quantitative estimate of drug-likeness (QED) is 0.385. The van der Waals surface area contributed by atoms with Crippen LogP contribution < -0.4 is 0 Å². The summed E-state index contributed by atoms with van der Waals surface area (Å²) < 4.78 is 0.422. The molecule has 1 saturated heterocycles. The van der Waals surface area contributed by atoms with Crippen molar-refractivity contribution in [1.29, 1.82) is 0 Å². The first-order valence-electron chi connectivity index (χ1n) is 2.76. The van der Waals surface area contributed by atoms with Crippen LogP contribution in [0.3, 0.4) is 0 Å². The lowest BCUT2D eigenvalue weighted by Crippen LogP contribution is -1.95. The average Bonchev–Trinajstić information content (AvgIpc) is 2.13. The number of hydrogen-bond acceptors (Lipinski definition) is 1. The van der Waals surface area contributed by atoms with Crippen LogP contribution in [0.1, 0.15) is 20.8 Å². The van der Waals surface area contributed by atoms with Crippen molar-refractivity contribution in [3.63, 3.8) is 0 Å². The van der Waals surface area contributed by atoms with Crippen molar-refractivity contribution >= 4 is 11.8 Å². The molecular weight excluding hydrogens is 116 g/mol. The van der Waals surface area contributed by atoms with Crippen LogP contribution in [-0.2, 0) is 0 Å². The maximum absolute atomic E-state index is 3.85. The van der Waals surface area contributed by atoms with Gasteiger partial charge in [0, 0.05) is 18.3 Å². The summed E-state index contributed by atoms with van der Waals surface area (Å²) in [6.07, 6.45) is 0. The molecule has 0 aromatic carbocycles. The van der Waals surface area contributed by atoms with E-state index >= 15 is 0 Å². The topological polar surface area (TPSA) is 0 Å². The van der Waals surface area contributed by atoms with Gasteiger partial charge < -0.3 is 0 Å². The molecule has 1 rings (SSSR count). The third kappa shape index (κ3) is 0.873. The lowest BCUT2D eigenvalue weighted by atomic mass is 10.1. The SMILES string of the molecule is C=C(C)[C+]1SC1(C)C. The van der Waals surface area contributed by atoms with E-state index in [-0.39, 0.29) is 0 Å². The average molecular weight is 127 g/mol. The number of thioether (sulfide) groups is 1. The van der Waals surface area contributed by atoms with E-state index in [1.165, 1.54) is 10.8 Å². The second-order valence-electron chi connectivity index (χ2n) is 2.72. The highest BCUT2D eigenvalue weighted by Gasteiger charge is 2.57. The molecule has 0 aromatic rings. The summed E-state index contributed by atoms with van der Waals surface area (Å²) in [5.74, 6) is 0. The normalized spacial score (nSPS) is 23.1. The fourth-order valence-corrected chi connectivity index (χ4v) is 1.64. The molecule has 1 heterocycles. The van der Waals surface area contributed by atoms with Crippen LogP contribution >= 0.6 is 11.8 Å². The van der Waals surface area contributed by atoms with Crippen LogP contribution in [0.2, 0.25) is 0 Å². The Morgan fingerprint density at radius 1 is 1.62 bits per heavy atom. The van der Waals surface area contributed by atoms with Crippen molar-refractivity contribution in [2.45, 2.75) is 25.5 Å². The van der Waals surface area contributed by atoms with E-state index in [1.54, 1.807) is 0 Å². The van der Waals surface area contributed by atoms with Gasteiger partial charge in [0.2, 0.25) is 0 Å². The van der Waals surface area contributed by atoms with Crippen molar-refractivity contribution in [3.8, 4) is 0 Å². The first-order valence-corrected chi connectivity index (χ1v) is 3.58. The Balaban J connectivity index is 2.48. The van der Waals surface area contributed by atoms with Gasteiger partial charge >= 0.3 is 0 Å². The fraction of sp³-hybridized carbons (Fsp3) is 0.571. The largest absolute Gasteiger partial charge is 0.137 e. The fourth-order valence-electron chi connectivity index (χ4n) is 0.831. The zero-order valence-electron chi connectivity index (χ0n) is 5.62. The second kappa shape index (κ2) is 1.47. The van der Waals surface area contributed by atoms with Crippen molar-refractivity contribution in [3.05, 3.63) is 17.4 Å². The van der Waals surface area contributed by atoms with E-state index in [0.717, 1.165) is 0 Å². The van der Waals surface area contributed by atoms with Crippen LogP contribution in [0.15, 0.2) is 12.2 Å². The zero-order valence-corrected chi connectivity index (χ0v) is 6.43. The maximum Gasteiger partial charge on any atom is 0.137 e. The van der Waals surface area contributed by atoms with Crippen LogP contribution in [0.4, 0.5) is 0 Å². The summed E-state index contributed by atoms with van der Waals surface area (Å²) in [6, 6.07) is 0. The van der Waals surface area contributed by atoms with Gasteiger partial charge in [-0.15, -0.1) is 0 Å². The Hall–Kier alpha value is -0.0400. The molecule has 0 aromatic heterocycles. The smallest absolute Gasteiger partial charge is 0.0256 e.